The fourth-order valence-electron chi connectivity index (χ4n) is 5.13. The number of aromatic nitrogens is 4. The maximum Gasteiger partial charge on any atom is 0.220 e. The van der Waals surface area contributed by atoms with E-state index in [9.17, 15) is 4.79 Å². The van der Waals surface area contributed by atoms with Crippen LogP contribution < -0.4 is 15.0 Å². The molecule has 2 atom stereocenters. The van der Waals surface area contributed by atoms with Crippen LogP contribution in [0.25, 0.3) is 11.2 Å². The number of aliphatic hydroxyl groups is 1. The zero-order chi connectivity index (χ0) is 22.6. The number of imidazole rings is 1. The lowest BCUT2D eigenvalue weighted by Crippen LogP contribution is -2.35. The summed E-state index contributed by atoms with van der Waals surface area (Å²) < 4.78 is 6.39. The minimum absolute atomic E-state index is 0.0160. The number of carbonyl (C=O) groups excluding carboxylic acids is 1. The summed E-state index contributed by atoms with van der Waals surface area (Å²) in [7, 11) is 0. The first-order chi connectivity index (χ1) is 16.2. The summed E-state index contributed by atoms with van der Waals surface area (Å²) in [5.41, 5.74) is 4.10. The number of rotatable bonds is 8. The molecule has 3 N–H and O–H groups in total. The lowest BCUT2D eigenvalue weighted by atomic mass is 9.81. The Labute approximate surface area is 192 Å². The number of ether oxygens (including phenoxy) is 1. The van der Waals surface area contributed by atoms with Crippen LogP contribution in [-0.4, -0.2) is 63.3 Å². The molecule has 0 saturated carbocycles. The second-order valence-electron chi connectivity index (χ2n) is 8.88. The van der Waals surface area contributed by atoms with Gasteiger partial charge in [-0.25, -0.2) is 15.0 Å². The fraction of sp³-hybridized carbons (Fsp3) is 0.500. The Morgan fingerprint density at radius 3 is 3.12 bits per heavy atom. The zero-order valence-corrected chi connectivity index (χ0v) is 18.7. The van der Waals surface area contributed by atoms with Crippen molar-refractivity contribution in [3.8, 4) is 5.75 Å². The molecule has 0 radical (unpaired) electrons. The normalized spacial score (nSPS) is 20.1. The van der Waals surface area contributed by atoms with Crippen LogP contribution in [0.5, 0.6) is 5.75 Å². The Balaban J connectivity index is 1.24. The van der Waals surface area contributed by atoms with Crippen LogP contribution in [0.4, 0.5) is 5.82 Å². The van der Waals surface area contributed by atoms with Gasteiger partial charge in [0.1, 0.15) is 24.2 Å². The first-order valence-corrected chi connectivity index (χ1v) is 11.7. The number of fused-ring (bicyclic) bond motifs is 2. The van der Waals surface area contributed by atoms with Crippen LogP contribution >= 0.6 is 0 Å². The average molecular weight is 451 g/mol. The van der Waals surface area contributed by atoms with E-state index in [2.05, 4.69) is 42.3 Å². The number of anilines is 1. The van der Waals surface area contributed by atoms with Crippen LogP contribution in [0.15, 0.2) is 30.9 Å². The topological polar surface area (TPSA) is 116 Å². The number of amides is 1. The highest BCUT2D eigenvalue weighted by Crippen LogP contribution is 2.34. The third kappa shape index (κ3) is 4.64. The van der Waals surface area contributed by atoms with Gasteiger partial charge in [0.2, 0.25) is 5.91 Å². The Hall–Kier alpha value is -3.20. The van der Waals surface area contributed by atoms with Crippen LogP contribution in [-0.2, 0) is 17.6 Å². The number of hydrogen-bond donors (Lipinski definition) is 3. The number of benzene rings is 1. The van der Waals surface area contributed by atoms with E-state index >= 15 is 0 Å². The van der Waals surface area contributed by atoms with E-state index in [1.807, 2.05) is 6.07 Å². The Bertz CT molecular complexity index is 1120. The molecular weight excluding hydrogens is 420 g/mol. The molecule has 0 bridgehead atoms. The summed E-state index contributed by atoms with van der Waals surface area (Å²) >= 11 is 0. The van der Waals surface area contributed by atoms with Gasteiger partial charge < -0.3 is 25.0 Å². The second-order valence-corrected chi connectivity index (χ2v) is 8.88. The molecule has 0 spiro atoms. The molecule has 33 heavy (non-hydrogen) atoms. The third-order valence-electron chi connectivity index (χ3n) is 6.73. The lowest BCUT2D eigenvalue weighted by molar-refractivity contribution is -0.122. The molecule has 3 heterocycles. The highest BCUT2D eigenvalue weighted by atomic mass is 16.5. The van der Waals surface area contributed by atoms with E-state index in [1.165, 1.54) is 11.1 Å². The molecule has 1 unspecified atom stereocenters. The molecule has 3 aromatic rings. The van der Waals surface area contributed by atoms with Crippen molar-refractivity contribution in [3.05, 3.63) is 42.0 Å². The fourth-order valence-corrected chi connectivity index (χ4v) is 5.13. The van der Waals surface area contributed by atoms with Gasteiger partial charge in [-0.1, -0.05) is 12.1 Å². The number of carbonyl (C=O) groups is 1. The van der Waals surface area contributed by atoms with Crippen LogP contribution in [0.1, 0.15) is 36.8 Å². The minimum Gasteiger partial charge on any atom is -0.491 e. The summed E-state index contributed by atoms with van der Waals surface area (Å²) in [6.07, 6.45) is 8.65. The van der Waals surface area contributed by atoms with E-state index < -0.39 is 0 Å². The van der Waals surface area contributed by atoms with Crippen molar-refractivity contribution in [2.45, 2.75) is 44.6 Å². The summed E-state index contributed by atoms with van der Waals surface area (Å²) in [6.45, 7) is 1.83. The highest BCUT2D eigenvalue weighted by molar-refractivity contribution is 5.83. The summed E-state index contributed by atoms with van der Waals surface area (Å²) in [5.74, 6) is 2.19. The van der Waals surface area contributed by atoms with E-state index in [0.29, 0.717) is 31.1 Å². The van der Waals surface area contributed by atoms with Gasteiger partial charge in [0, 0.05) is 19.5 Å². The summed E-state index contributed by atoms with van der Waals surface area (Å²) in [6, 6.07) is 6.50. The molecule has 9 nitrogen and oxygen atoms in total. The van der Waals surface area contributed by atoms with E-state index in [0.717, 1.165) is 55.7 Å². The van der Waals surface area contributed by atoms with Crippen molar-refractivity contribution in [3.63, 3.8) is 0 Å². The quantitative estimate of drug-likeness (QED) is 0.481. The smallest absolute Gasteiger partial charge is 0.220 e. The molecule has 2 aromatic heterocycles. The zero-order valence-electron chi connectivity index (χ0n) is 18.7. The number of H-pyrrole nitrogens is 1. The SMILES string of the molecule is O=C(CC1CCc2c(cccc2OC[C@H]2CCCN2c2ncnc3nc[nH]c23)C1)NCCO. The molecule has 9 heteroatoms. The molecule has 1 aromatic carbocycles. The number of aliphatic hydroxyl groups excluding tert-OH is 1. The molecule has 1 aliphatic heterocycles. The molecule has 5 rings (SSSR count). The van der Waals surface area contributed by atoms with E-state index in [-0.39, 0.29) is 18.6 Å². The van der Waals surface area contributed by atoms with Gasteiger partial charge in [-0.3, -0.25) is 4.79 Å². The molecule has 1 saturated heterocycles. The number of nitrogens with one attached hydrogen (secondary N) is 2. The molecule has 174 valence electrons. The Morgan fingerprint density at radius 2 is 2.21 bits per heavy atom. The average Bonchev–Trinajstić information content (AvgIpc) is 3.50. The number of aromatic amines is 1. The van der Waals surface area contributed by atoms with Crippen molar-refractivity contribution in [1.29, 1.82) is 0 Å². The predicted molar refractivity (Wildman–Crippen MR) is 124 cm³/mol. The molecular formula is C24H30N6O3. The van der Waals surface area contributed by atoms with Gasteiger partial charge in [-0.15, -0.1) is 0 Å². The number of hydrogen-bond acceptors (Lipinski definition) is 7. The van der Waals surface area contributed by atoms with Crippen LogP contribution in [0.2, 0.25) is 0 Å². The maximum absolute atomic E-state index is 12.0. The van der Waals surface area contributed by atoms with Crippen molar-refractivity contribution in [2.75, 3.05) is 31.2 Å². The predicted octanol–water partition coefficient (Wildman–Crippen LogP) is 2.00. The van der Waals surface area contributed by atoms with E-state index in [1.54, 1.807) is 12.7 Å². The largest absolute Gasteiger partial charge is 0.491 e. The molecule has 1 amide bonds. The lowest BCUT2D eigenvalue weighted by Gasteiger charge is -2.28. The maximum atomic E-state index is 12.0. The highest BCUT2D eigenvalue weighted by Gasteiger charge is 2.29. The van der Waals surface area contributed by atoms with Crippen molar-refractivity contribution in [1.82, 2.24) is 25.3 Å². The third-order valence-corrected chi connectivity index (χ3v) is 6.73. The van der Waals surface area contributed by atoms with Crippen LogP contribution in [0, 0.1) is 5.92 Å². The van der Waals surface area contributed by atoms with Gasteiger partial charge in [0.05, 0.1) is 19.0 Å². The van der Waals surface area contributed by atoms with Crippen molar-refractivity contribution >= 4 is 22.9 Å². The van der Waals surface area contributed by atoms with Gasteiger partial charge in [-0.2, -0.15) is 0 Å². The first kappa shape index (κ1) is 21.6. The van der Waals surface area contributed by atoms with Gasteiger partial charge in [-0.05, 0) is 55.2 Å². The summed E-state index contributed by atoms with van der Waals surface area (Å²) in [4.78, 5) is 30.5. The molecule has 1 fully saturated rings. The number of nitrogens with zero attached hydrogens (tertiary/aromatic N) is 4. The standard InChI is InChI=1S/C24H30N6O3/c31-10-8-25-21(32)12-16-6-7-19-17(11-16)3-1-5-20(19)33-13-18-4-2-9-30(18)24-22-23(27-14-26-22)28-15-29-24/h1,3,5,14-16,18,31H,2,4,6-13H2,(H,25,32)(H,26,27,28,29)/t16?,18-/m1/s1. The summed E-state index contributed by atoms with van der Waals surface area (Å²) in [5, 5.41) is 11.6. The monoisotopic (exact) mass is 450 g/mol. The molecule has 1 aliphatic carbocycles. The molecule has 2 aliphatic rings. The van der Waals surface area contributed by atoms with Gasteiger partial charge in [0.15, 0.2) is 11.5 Å². The van der Waals surface area contributed by atoms with Crippen molar-refractivity contribution in [2.24, 2.45) is 5.92 Å². The second kappa shape index (κ2) is 9.74. The van der Waals surface area contributed by atoms with Crippen LogP contribution in [0.3, 0.4) is 0 Å². The van der Waals surface area contributed by atoms with E-state index in [4.69, 9.17) is 9.84 Å². The Kier molecular flexibility index (Phi) is 6.39. The van der Waals surface area contributed by atoms with Gasteiger partial charge in [0.25, 0.3) is 0 Å². The Morgan fingerprint density at radius 1 is 1.27 bits per heavy atom. The van der Waals surface area contributed by atoms with Gasteiger partial charge >= 0.3 is 0 Å². The first-order valence-electron chi connectivity index (χ1n) is 11.7. The minimum atomic E-state index is -0.0254. The van der Waals surface area contributed by atoms with Crippen molar-refractivity contribution < 1.29 is 14.6 Å².